The lowest BCUT2D eigenvalue weighted by Crippen LogP contribution is -2.39. The zero-order valence-electron chi connectivity index (χ0n) is 25.6. The van der Waals surface area contributed by atoms with Gasteiger partial charge in [-0.15, -0.1) is 0 Å². The molecule has 1 aromatic heterocycles. The molecule has 4 aromatic rings. The van der Waals surface area contributed by atoms with Crippen LogP contribution in [0.4, 0.5) is 10.8 Å². The highest BCUT2D eigenvalue weighted by molar-refractivity contribution is 7.22. The van der Waals surface area contributed by atoms with Gasteiger partial charge in [-0.2, -0.15) is 0 Å². The molecule has 1 heterocycles. The van der Waals surface area contributed by atoms with Gasteiger partial charge in [0.2, 0.25) is 23.0 Å². The quantitative estimate of drug-likeness (QED) is 0.224. The van der Waals surface area contributed by atoms with Gasteiger partial charge in [-0.1, -0.05) is 43.4 Å². The number of carbonyl (C=O) groups excluding carboxylic acids is 2. The summed E-state index contributed by atoms with van der Waals surface area (Å²) < 4.78 is 18.1. The Hall–Kier alpha value is -4.64. The number of nitrogens with zero attached hydrogens (tertiary/aromatic N) is 1. The molecule has 0 saturated carbocycles. The lowest BCUT2D eigenvalue weighted by Gasteiger charge is -2.21. The van der Waals surface area contributed by atoms with E-state index in [1.807, 2.05) is 50.2 Å². The van der Waals surface area contributed by atoms with E-state index >= 15 is 0 Å². The van der Waals surface area contributed by atoms with E-state index in [1.165, 1.54) is 24.3 Å². The molecular weight excluding hydrogens is 580 g/mol. The number of amides is 2. The first-order valence-corrected chi connectivity index (χ1v) is 15.2. The number of anilines is 2. The van der Waals surface area contributed by atoms with E-state index in [4.69, 9.17) is 14.2 Å². The number of rotatable bonds is 9. The highest BCUT2D eigenvalue weighted by Gasteiger charge is 2.30. The molecule has 2 unspecified atom stereocenters. The Morgan fingerprint density at radius 3 is 2.41 bits per heavy atom. The summed E-state index contributed by atoms with van der Waals surface area (Å²) in [5.74, 6) is 0.751. The molecule has 2 amide bonds. The number of hydrogen-bond acceptors (Lipinski definition) is 9. The van der Waals surface area contributed by atoms with Gasteiger partial charge in [0.1, 0.15) is 6.04 Å². The van der Waals surface area contributed by atoms with E-state index in [9.17, 15) is 14.4 Å². The van der Waals surface area contributed by atoms with Crippen molar-refractivity contribution < 1.29 is 23.8 Å². The van der Waals surface area contributed by atoms with Crippen LogP contribution in [0.15, 0.2) is 53.3 Å². The maximum Gasteiger partial charge on any atom is 0.248 e. The standard InChI is InChI=1S/C33H36N4O6S/c1-17(2)29(32(40)37-33-36-24-9-7-8-10-27(24)44-33)35-23-14-12-20-21(16-25(23)39)22(34-18(3)38)13-11-19-15-26(41-4)30(42-5)31(43-6)28(19)20/h7-10,12,14-17,22,29H,11,13H2,1-6H3,(H,34,38)(H,35,39)(H,36,37,40). The second-order valence-electron chi connectivity index (χ2n) is 10.9. The highest BCUT2D eigenvalue weighted by Crippen LogP contribution is 2.50. The summed E-state index contributed by atoms with van der Waals surface area (Å²) in [7, 11) is 4.66. The van der Waals surface area contributed by atoms with Gasteiger partial charge in [0.05, 0.1) is 43.3 Å². The molecule has 0 spiro atoms. The predicted molar refractivity (Wildman–Crippen MR) is 173 cm³/mol. The molecule has 2 atom stereocenters. The van der Waals surface area contributed by atoms with Crippen LogP contribution < -0.4 is 35.6 Å². The van der Waals surface area contributed by atoms with Crippen LogP contribution in [0.2, 0.25) is 0 Å². The Morgan fingerprint density at radius 2 is 1.75 bits per heavy atom. The first-order valence-electron chi connectivity index (χ1n) is 14.4. The third-order valence-corrected chi connectivity index (χ3v) is 8.65. The predicted octanol–water partition coefficient (Wildman–Crippen LogP) is 5.55. The average molecular weight is 617 g/mol. The minimum atomic E-state index is -0.728. The fourth-order valence-electron chi connectivity index (χ4n) is 5.64. The van der Waals surface area contributed by atoms with Crippen LogP contribution in [-0.2, 0) is 16.0 Å². The third kappa shape index (κ3) is 6.05. The molecule has 230 valence electrons. The normalized spacial score (nSPS) is 14.6. The van der Waals surface area contributed by atoms with Gasteiger partial charge >= 0.3 is 0 Å². The highest BCUT2D eigenvalue weighted by atomic mass is 32.1. The van der Waals surface area contributed by atoms with Crippen LogP contribution >= 0.6 is 11.3 Å². The van der Waals surface area contributed by atoms with Crippen LogP contribution in [0.3, 0.4) is 0 Å². The van der Waals surface area contributed by atoms with Gasteiger partial charge in [0.25, 0.3) is 0 Å². The fraction of sp³-hybridized carbons (Fsp3) is 0.333. The summed E-state index contributed by atoms with van der Waals surface area (Å²) in [6, 6.07) is 13.4. The fourth-order valence-corrected chi connectivity index (χ4v) is 6.51. The number of hydrogen-bond donors (Lipinski definition) is 3. The van der Waals surface area contributed by atoms with Gasteiger partial charge in [0, 0.05) is 12.5 Å². The van der Waals surface area contributed by atoms with Gasteiger partial charge in [0.15, 0.2) is 16.6 Å². The number of aryl methyl sites for hydroxylation is 1. The van der Waals surface area contributed by atoms with Crippen molar-refractivity contribution in [3.8, 4) is 28.4 Å². The van der Waals surface area contributed by atoms with Crippen molar-refractivity contribution in [2.45, 2.75) is 45.7 Å². The van der Waals surface area contributed by atoms with E-state index in [2.05, 4.69) is 20.9 Å². The van der Waals surface area contributed by atoms with E-state index in [0.717, 1.165) is 21.3 Å². The summed E-state index contributed by atoms with van der Waals surface area (Å²) in [5, 5.41) is 9.62. The molecule has 0 radical (unpaired) electrons. The number of methoxy groups -OCH3 is 3. The maximum absolute atomic E-state index is 13.8. The molecule has 0 saturated heterocycles. The van der Waals surface area contributed by atoms with Crippen molar-refractivity contribution in [2.75, 3.05) is 32.0 Å². The molecule has 10 nitrogen and oxygen atoms in total. The van der Waals surface area contributed by atoms with Crippen molar-refractivity contribution in [3.63, 3.8) is 0 Å². The minimum absolute atomic E-state index is 0.156. The van der Waals surface area contributed by atoms with Gasteiger partial charge in [-0.3, -0.25) is 14.4 Å². The Kier molecular flexibility index (Phi) is 9.05. The van der Waals surface area contributed by atoms with Crippen molar-refractivity contribution in [1.29, 1.82) is 0 Å². The van der Waals surface area contributed by atoms with Crippen molar-refractivity contribution >= 4 is 44.2 Å². The molecule has 0 aliphatic heterocycles. The number of carbonyl (C=O) groups is 2. The van der Waals surface area contributed by atoms with Crippen LogP contribution in [0.25, 0.3) is 21.3 Å². The van der Waals surface area contributed by atoms with Crippen LogP contribution in [-0.4, -0.2) is 44.2 Å². The Morgan fingerprint density at radius 1 is 1.00 bits per heavy atom. The molecule has 1 aliphatic rings. The molecule has 11 heteroatoms. The third-order valence-electron chi connectivity index (χ3n) is 7.70. The molecule has 44 heavy (non-hydrogen) atoms. The molecule has 3 N–H and O–H groups in total. The van der Waals surface area contributed by atoms with E-state index < -0.39 is 12.1 Å². The number of nitrogens with one attached hydrogen (secondary N) is 3. The Balaban J connectivity index is 1.59. The Bertz CT molecular complexity index is 1750. The van der Waals surface area contributed by atoms with Gasteiger partial charge in [-0.25, -0.2) is 4.98 Å². The lowest BCUT2D eigenvalue weighted by molar-refractivity contribution is -0.120. The topological polar surface area (TPSA) is 128 Å². The number of ether oxygens (including phenoxy) is 3. The smallest absolute Gasteiger partial charge is 0.248 e. The zero-order chi connectivity index (χ0) is 31.5. The molecular formula is C33H36N4O6S. The summed E-state index contributed by atoms with van der Waals surface area (Å²) in [6.07, 6.45) is 1.14. The van der Waals surface area contributed by atoms with Crippen LogP contribution in [0.1, 0.15) is 44.4 Å². The van der Waals surface area contributed by atoms with E-state index in [1.54, 1.807) is 27.4 Å². The first-order chi connectivity index (χ1) is 21.1. The van der Waals surface area contributed by atoms with Crippen molar-refractivity contribution in [2.24, 2.45) is 5.92 Å². The Labute approximate surface area is 259 Å². The SMILES string of the molecule is COc1cc2c(c(OC)c1OC)-c1ccc(NC(C(=O)Nc3nc4ccccc4s3)C(C)C)c(=O)cc1C(NC(C)=O)CC2. The number of para-hydroxylation sites is 1. The average Bonchev–Trinajstić information content (AvgIpc) is 3.26. The zero-order valence-corrected chi connectivity index (χ0v) is 26.4. The van der Waals surface area contributed by atoms with Gasteiger partial charge < -0.3 is 30.2 Å². The molecule has 5 rings (SSSR count). The number of benzene rings is 2. The number of aromatic nitrogens is 1. The molecule has 0 bridgehead atoms. The summed E-state index contributed by atoms with van der Waals surface area (Å²) in [5.41, 5.74) is 3.77. The maximum atomic E-state index is 13.8. The summed E-state index contributed by atoms with van der Waals surface area (Å²) in [4.78, 5) is 44.0. The lowest BCUT2D eigenvalue weighted by atomic mass is 9.95. The second kappa shape index (κ2) is 12.9. The van der Waals surface area contributed by atoms with Crippen LogP contribution in [0, 0.1) is 5.92 Å². The van der Waals surface area contributed by atoms with Crippen molar-refractivity contribution in [3.05, 3.63) is 69.9 Å². The first kappa shape index (κ1) is 30.8. The monoisotopic (exact) mass is 616 g/mol. The van der Waals surface area contributed by atoms with E-state index in [-0.39, 0.29) is 28.8 Å². The molecule has 3 aromatic carbocycles. The molecule has 0 fully saturated rings. The number of fused-ring (bicyclic) bond motifs is 4. The van der Waals surface area contributed by atoms with Crippen LogP contribution in [0.5, 0.6) is 17.2 Å². The second-order valence-corrected chi connectivity index (χ2v) is 12.0. The van der Waals surface area contributed by atoms with Gasteiger partial charge in [-0.05, 0) is 65.8 Å². The van der Waals surface area contributed by atoms with E-state index in [0.29, 0.717) is 46.3 Å². The van der Waals surface area contributed by atoms with Crippen molar-refractivity contribution in [1.82, 2.24) is 10.3 Å². The molecule has 1 aliphatic carbocycles. The number of thiazole rings is 1. The largest absolute Gasteiger partial charge is 0.493 e. The summed E-state index contributed by atoms with van der Waals surface area (Å²) in [6.45, 7) is 5.27. The summed E-state index contributed by atoms with van der Waals surface area (Å²) >= 11 is 1.39. The minimum Gasteiger partial charge on any atom is -0.493 e.